The van der Waals surface area contributed by atoms with Gasteiger partial charge in [0.15, 0.2) is 5.52 Å². The zero-order chi connectivity index (χ0) is 16.3. The molecule has 4 heteroatoms. The smallest absolute Gasteiger partial charge is 0.185 e. The predicted molar refractivity (Wildman–Crippen MR) is 92.1 cm³/mol. The molecule has 0 amide bonds. The van der Waals surface area contributed by atoms with Crippen LogP contribution in [0.15, 0.2) is 36.4 Å². The molecule has 0 fully saturated rings. The first-order valence-corrected chi connectivity index (χ1v) is 7.92. The minimum atomic E-state index is 0.958. The number of fused-ring (bicyclic) bond motifs is 3. The molecule has 0 saturated heterocycles. The minimum Gasteiger partial charge on any atom is -0.185 e. The van der Waals surface area contributed by atoms with Gasteiger partial charge in [0.25, 0.3) is 5.82 Å². The first-order chi connectivity index (χ1) is 11.0. The molecule has 0 spiro atoms. The van der Waals surface area contributed by atoms with Gasteiger partial charge in [-0.1, -0.05) is 18.2 Å². The molecule has 2 aromatic heterocycles. The van der Waals surface area contributed by atoms with Crippen LogP contribution in [0.4, 0.5) is 0 Å². The van der Waals surface area contributed by atoms with E-state index in [2.05, 4.69) is 84.9 Å². The molecule has 0 atom stereocenters. The molecule has 116 valence electrons. The maximum atomic E-state index is 4.92. The summed E-state index contributed by atoms with van der Waals surface area (Å²) in [5.41, 5.74) is 7.20. The van der Waals surface area contributed by atoms with Crippen LogP contribution >= 0.6 is 0 Å². The van der Waals surface area contributed by atoms with Crippen molar-refractivity contribution < 1.29 is 4.68 Å². The van der Waals surface area contributed by atoms with Gasteiger partial charge >= 0.3 is 5.78 Å². The Labute approximate surface area is 135 Å². The summed E-state index contributed by atoms with van der Waals surface area (Å²) in [6.07, 6.45) is 0. The maximum Gasteiger partial charge on any atom is 0.344 e. The molecule has 0 aliphatic heterocycles. The lowest BCUT2D eigenvalue weighted by Crippen LogP contribution is -2.40. The van der Waals surface area contributed by atoms with Crippen LogP contribution in [0, 0.1) is 27.7 Å². The standard InChI is InChI=1S/C19H21N4/c1-12-8-6-7-9-17(12)23-19-20-16-10-13(2)14(3)11-18(16)22(19)15(4)21(23)5/h6-11H,1-5H3/q+1. The second kappa shape index (κ2) is 4.69. The number of hydrogen-bond donors (Lipinski definition) is 0. The van der Waals surface area contributed by atoms with Crippen molar-refractivity contribution in [2.24, 2.45) is 7.05 Å². The number of aryl methyl sites for hydroxylation is 4. The Kier molecular flexibility index (Phi) is 2.85. The van der Waals surface area contributed by atoms with Crippen molar-refractivity contribution in [3.8, 4) is 5.69 Å². The first-order valence-electron chi connectivity index (χ1n) is 7.92. The third kappa shape index (κ3) is 1.84. The van der Waals surface area contributed by atoms with E-state index in [0.29, 0.717) is 0 Å². The van der Waals surface area contributed by atoms with Crippen molar-refractivity contribution in [1.82, 2.24) is 14.1 Å². The van der Waals surface area contributed by atoms with E-state index >= 15 is 0 Å². The lowest BCUT2D eigenvalue weighted by molar-refractivity contribution is -0.749. The van der Waals surface area contributed by atoms with E-state index in [1.807, 2.05) is 0 Å². The Balaban J connectivity index is 2.18. The average molecular weight is 305 g/mol. The highest BCUT2D eigenvalue weighted by Crippen LogP contribution is 2.24. The predicted octanol–water partition coefficient (Wildman–Crippen LogP) is 3.34. The summed E-state index contributed by atoms with van der Waals surface area (Å²) in [5, 5.41) is 0. The van der Waals surface area contributed by atoms with Crippen molar-refractivity contribution in [3.05, 3.63) is 58.9 Å². The van der Waals surface area contributed by atoms with E-state index in [9.17, 15) is 0 Å². The SMILES string of the molecule is Cc1cc2nc3n(-c4ccccc4C)[n+](C)c(C)n3c2cc1C. The molecule has 0 bridgehead atoms. The number of benzene rings is 2. The summed E-state index contributed by atoms with van der Waals surface area (Å²) in [5.74, 6) is 2.12. The number of para-hydroxylation sites is 1. The Morgan fingerprint density at radius 3 is 2.35 bits per heavy atom. The number of nitrogens with zero attached hydrogens (tertiary/aromatic N) is 4. The van der Waals surface area contributed by atoms with Crippen molar-refractivity contribution in [3.63, 3.8) is 0 Å². The largest absolute Gasteiger partial charge is 0.344 e. The van der Waals surface area contributed by atoms with Gasteiger partial charge in [0.1, 0.15) is 12.6 Å². The summed E-state index contributed by atoms with van der Waals surface area (Å²) in [6, 6.07) is 12.8. The molecule has 4 aromatic rings. The quantitative estimate of drug-likeness (QED) is 0.495. The van der Waals surface area contributed by atoms with Crippen molar-refractivity contribution in [2.75, 3.05) is 0 Å². The van der Waals surface area contributed by atoms with Crippen LogP contribution in [0.2, 0.25) is 0 Å². The number of aromatic nitrogens is 4. The van der Waals surface area contributed by atoms with Crippen molar-refractivity contribution in [1.29, 1.82) is 0 Å². The molecule has 4 nitrogen and oxygen atoms in total. The van der Waals surface area contributed by atoms with E-state index < -0.39 is 0 Å². The van der Waals surface area contributed by atoms with Gasteiger partial charge in [-0.05, 0) is 55.7 Å². The van der Waals surface area contributed by atoms with E-state index in [1.165, 1.54) is 22.2 Å². The Bertz CT molecular complexity index is 1070. The molecule has 0 N–H and O–H groups in total. The molecule has 0 aliphatic carbocycles. The lowest BCUT2D eigenvalue weighted by Gasteiger charge is -2.05. The van der Waals surface area contributed by atoms with E-state index in [-0.39, 0.29) is 0 Å². The summed E-state index contributed by atoms with van der Waals surface area (Å²) in [4.78, 5) is 4.92. The fourth-order valence-corrected chi connectivity index (χ4v) is 3.27. The van der Waals surface area contributed by atoms with Crippen LogP contribution in [0.1, 0.15) is 22.5 Å². The first kappa shape index (κ1) is 14.0. The highest BCUT2D eigenvalue weighted by Gasteiger charge is 2.25. The van der Waals surface area contributed by atoms with E-state index in [4.69, 9.17) is 4.98 Å². The van der Waals surface area contributed by atoms with Gasteiger partial charge in [-0.25, -0.2) is 0 Å². The highest BCUT2D eigenvalue weighted by molar-refractivity contribution is 5.81. The van der Waals surface area contributed by atoms with Crippen LogP contribution in [-0.4, -0.2) is 14.1 Å². The van der Waals surface area contributed by atoms with Gasteiger partial charge in [0.05, 0.1) is 5.69 Å². The molecule has 2 aromatic carbocycles. The van der Waals surface area contributed by atoms with Gasteiger partial charge in [-0.2, -0.15) is 14.1 Å². The van der Waals surface area contributed by atoms with Crippen LogP contribution in [-0.2, 0) is 7.05 Å². The molecule has 0 aliphatic rings. The van der Waals surface area contributed by atoms with Crippen LogP contribution in [0.25, 0.3) is 22.5 Å². The summed E-state index contributed by atoms with van der Waals surface area (Å²) < 4.78 is 6.60. The molecule has 0 radical (unpaired) electrons. The summed E-state index contributed by atoms with van der Waals surface area (Å²) in [7, 11) is 2.09. The number of hydrogen-bond acceptors (Lipinski definition) is 1. The summed E-state index contributed by atoms with van der Waals surface area (Å²) in [6.45, 7) is 8.57. The van der Waals surface area contributed by atoms with Crippen LogP contribution < -0.4 is 4.68 Å². The second-order valence-corrected chi connectivity index (χ2v) is 6.34. The van der Waals surface area contributed by atoms with Gasteiger partial charge in [0, 0.05) is 6.92 Å². The van der Waals surface area contributed by atoms with Gasteiger partial charge in [-0.3, -0.25) is 0 Å². The zero-order valence-electron chi connectivity index (χ0n) is 14.3. The normalized spacial score (nSPS) is 11.7. The molecular formula is C19H21N4+. The van der Waals surface area contributed by atoms with E-state index in [1.54, 1.807) is 0 Å². The molecule has 0 saturated carbocycles. The monoisotopic (exact) mass is 305 g/mol. The Hall–Kier alpha value is -2.62. The van der Waals surface area contributed by atoms with Crippen LogP contribution in [0.3, 0.4) is 0 Å². The second-order valence-electron chi connectivity index (χ2n) is 6.34. The Morgan fingerprint density at radius 1 is 0.913 bits per heavy atom. The highest BCUT2D eigenvalue weighted by atomic mass is 15.5. The maximum absolute atomic E-state index is 4.92. The van der Waals surface area contributed by atoms with Gasteiger partial charge < -0.3 is 0 Å². The fourth-order valence-electron chi connectivity index (χ4n) is 3.27. The fraction of sp³-hybridized carbons (Fsp3) is 0.263. The van der Waals surface area contributed by atoms with Gasteiger partial charge in [-0.15, -0.1) is 4.68 Å². The Morgan fingerprint density at radius 2 is 1.61 bits per heavy atom. The molecule has 0 unspecified atom stereocenters. The number of imidazole rings is 1. The average Bonchev–Trinajstić information content (AvgIpc) is 2.97. The third-order valence-corrected chi connectivity index (χ3v) is 4.88. The molecular weight excluding hydrogens is 284 g/mol. The third-order valence-electron chi connectivity index (χ3n) is 4.88. The van der Waals surface area contributed by atoms with Crippen molar-refractivity contribution >= 4 is 16.8 Å². The lowest BCUT2D eigenvalue weighted by atomic mass is 10.1. The van der Waals surface area contributed by atoms with Crippen LogP contribution in [0.5, 0.6) is 0 Å². The number of rotatable bonds is 1. The van der Waals surface area contributed by atoms with Gasteiger partial charge in [0.2, 0.25) is 0 Å². The summed E-state index contributed by atoms with van der Waals surface area (Å²) >= 11 is 0. The van der Waals surface area contributed by atoms with Crippen molar-refractivity contribution in [2.45, 2.75) is 27.7 Å². The van der Waals surface area contributed by atoms with E-state index in [0.717, 1.165) is 22.8 Å². The zero-order valence-corrected chi connectivity index (χ0v) is 14.3. The molecule has 23 heavy (non-hydrogen) atoms. The minimum absolute atomic E-state index is 0.958. The molecule has 2 heterocycles. The topological polar surface area (TPSA) is 26.1 Å². The molecule has 4 rings (SSSR count).